The highest BCUT2D eigenvalue weighted by molar-refractivity contribution is 5.75. The molecule has 6 fully saturated rings. The molecule has 0 unspecified atom stereocenters. The van der Waals surface area contributed by atoms with Crippen LogP contribution in [0.25, 0.3) is 0 Å². The highest BCUT2D eigenvalue weighted by atomic mass is 19.1. The van der Waals surface area contributed by atoms with Crippen LogP contribution in [-0.4, -0.2) is 59.7 Å². The van der Waals surface area contributed by atoms with Gasteiger partial charge in [-0.3, -0.25) is 4.90 Å². The molecular formula is C27H38FN3O2. The Kier molecular flexibility index (Phi) is 5.76. The molecule has 180 valence electrons. The van der Waals surface area contributed by atoms with Crippen LogP contribution in [0.4, 0.5) is 9.18 Å². The van der Waals surface area contributed by atoms with Crippen LogP contribution < -0.4 is 10.1 Å². The van der Waals surface area contributed by atoms with Crippen LogP contribution in [0.5, 0.6) is 5.75 Å². The van der Waals surface area contributed by atoms with E-state index < -0.39 is 0 Å². The van der Waals surface area contributed by atoms with Crippen LogP contribution >= 0.6 is 0 Å². The van der Waals surface area contributed by atoms with E-state index in [9.17, 15) is 9.18 Å². The van der Waals surface area contributed by atoms with E-state index in [0.29, 0.717) is 11.8 Å². The highest BCUT2D eigenvalue weighted by Gasteiger charge is 2.52. The largest absolute Gasteiger partial charge is 0.487 e. The number of piperidine rings is 2. The number of hydrogen-bond acceptors (Lipinski definition) is 3. The number of nitrogens with zero attached hydrogens (tertiary/aromatic N) is 2. The Hall–Kier alpha value is -1.82. The number of halogens is 1. The highest BCUT2D eigenvalue weighted by Crippen LogP contribution is 2.55. The van der Waals surface area contributed by atoms with Crippen molar-refractivity contribution in [2.45, 2.75) is 81.9 Å². The number of ether oxygens (including phenoxy) is 1. The maximum absolute atomic E-state index is 13.9. The second-order valence-electron chi connectivity index (χ2n) is 11.6. The molecule has 6 aliphatic rings. The summed E-state index contributed by atoms with van der Waals surface area (Å²) in [6, 6.07) is 7.42. The lowest BCUT2D eigenvalue weighted by molar-refractivity contribution is -0.0167. The van der Waals surface area contributed by atoms with Gasteiger partial charge in [0.05, 0.1) is 0 Å². The molecule has 2 saturated heterocycles. The Morgan fingerprint density at radius 2 is 1.52 bits per heavy atom. The normalized spacial score (nSPS) is 35.1. The van der Waals surface area contributed by atoms with E-state index in [2.05, 4.69) is 15.1 Å². The molecule has 4 bridgehead atoms. The average molecular weight is 456 g/mol. The molecule has 2 aliphatic heterocycles. The zero-order valence-corrected chi connectivity index (χ0v) is 19.7. The van der Waals surface area contributed by atoms with Gasteiger partial charge in [-0.2, -0.15) is 0 Å². The van der Waals surface area contributed by atoms with Crippen LogP contribution in [0.3, 0.4) is 0 Å². The van der Waals surface area contributed by atoms with Crippen molar-refractivity contribution in [1.29, 1.82) is 0 Å². The molecule has 1 N–H and O–H groups in total. The second kappa shape index (κ2) is 8.75. The fraction of sp³-hybridized carbons (Fsp3) is 0.741. The number of carbonyl (C=O) groups is 1. The fourth-order valence-electron chi connectivity index (χ4n) is 8.08. The maximum atomic E-state index is 13.9. The Balaban J connectivity index is 0.964. The molecule has 4 aliphatic carbocycles. The van der Waals surface area contributed by atoms with Gasteiger partial charge in [0.25, 0.3) is 0 Å². The van der Waals surface area contributed by atoms with E-state index in [-0.39, 0.29) is 23.5 Å². The molecule has 6 heteroatoms. The van der Waals surface area contributed by atoms with Gasteiger partial charge in [-0.15, -0.1) is 0 Å². The summed E-state index contributed by atoms with van der Waals surface area (Å²) in [4.78, 5) is 17.8. The summed E-state index contributed by atoms with van der Waals surface area (Å²) in [5.41, 5.74) is 0.1000. The molecule has 0 radical (unpaired) electrons. The van der Waals surface area contributed by atoms with Crippen molar-refractivity contribution >= 4 is 6.03 Å². The van der Waals surface area contributed by atoms with Gasteiger partial charge in [0, 0.05) is 37.8 Å². The van der Waals surface area contributed by atoms with Gasteiger partial charge >= 0.3 is 6.03 Å². The van der Waals surface area contributed by atoms with Crippen LogP contribution in [0.1, 0.15) is 64.2 Å². The van der Waals surface area contributed by atoms with Gasteiger partial charge in [-0.25, -0.2) is 9.18 Å². The standard InChI is InChI=1S/C27H38FN3O2/c28-24-3-1-2-4-25(24)33-23-7-11-30(12-8-23)22-5-9-31(10-6-22)26(32)29-27-16-19-13-20(17-27)15-21(14-19)18-27/h1-4,19-23H,5-18H2,(H,29,32). The Morgan fingerprint density at radius 1 is 0.909 bits per heavy atom. The Labute approximate surface area is 197 Å². The predicted octanol–water partition coefficient (Wildman–Crippen LogP) is 4.81. The zero-order chi connectivity index (χ0) is 22.4. The monoisotopic (exact) mass is 455 g/mol. The molecule has 0 aromatic heterocycles. The van der Waals surface area contributed by atoms with Crippen molar-refractivity contribution in [2.24, 2.45) is 17.8 Å². The minimum atomic E-state index is -0.279. The molecule has 7 rings (SSSR count). The first kappa shape index (κ1) is 21.7. The second-order valence-corrected chi connectivity index (χ2v) is 11.6. The Bertz CT molecular complexity index is 825. The third kappa shape index (κ3) is 4.48. The van der Waals surface area contributed by atoms with E-state index in [1.54, 1.807) is 12.1 Å². The van der Waals surface area contributed by atoms with Crippen LogP contribution in [0, 0.1) is 23.6 Å². The minimum Gasteiger partial charge on any atom is -0.487 e. The summed E-state index contributed by atoms with van der Waals surface area (Å²) in [7, 11) is 0. The summed E-state index contributed by atoms with van der Waals surface area (Å²) in [6.07, 6.45) is 11.9. The number of benzene rings is 1. The van der Waals surface area contributed by atoms with Gasteiger partial charge in [0.2, 0.25) is 0 Å². The van der Waals surface area contributed by atoms with Crippen molar-refractivity contribution in [3.05, 3.63) is 30.1 Å². The maximum Gasteiger partial charge on any atom is 0.317 e. The molecule has 0 atom stereocenters. The molecule has 33 heavy (non-hydrogen) atoms. The molecular weight excluding hydrogens is 417 g/mol. The average Bonchev–Trinajstić information content (AvgIpc) is 2.80. The number of rotatable bonds is 4. The Morgan fingerprint density at radius 3 is 2.12 bits per heavy atom. The van der Waals surface area contributed by atoms with E-state index in [0.717, 1.165) is 69.6 Å². The third-order valence-corrected chi connectivity index (χ3v) is 9.29. The van der Waals surface area contributed by atoms with Gasteiger partial charge < -0.3 is 15.0 Å². The summed E-state index contributed by atoms with van der Waals surface area (Å²) in [6.45, 7) is 3.69. The van der Waals surface area contributed by atoms with E-state index in [1.165, 1.54) is 44.6 Å². The molecule has 4 saturated carbocycles. The lowest BCUT2D eigenvalue weighted by atomic mass is 9.53. The first-order chi connectivity index (χ1) is 16.1. The van der Waals surface area contributed by atoms with Crippen molar-refractivity contribution in [1.82, 2.24) is 15.1 Å². The smallest absolute Gasteiger partial charge is 0.317 e. The van der Waals surface area contributed by atoms with Gasteiger partial charge in [-0.05, 0) is 94.1 Å². The number of carbonyl (C=O) groups excluding carboxylic acids is 1. The molecule has 5 nitrogen and oxygen atoms in total. The topological polar surface area (TPSA) is 44.8 Å². The lowest BCUT2D eigenvalue weighted by Gasteiger charge is -2.57. The molecule has 1 aromatic rings. The summed E-state index contributed by atoms with van der Waals surface area (Å²) >= 11 is 0. The number of amides is 2. The van der Waals surface area contributed by atoms with Crippen molar-refractivity contribution in [3.8, 4) is 5.75 Å². The van der Waals surface area contributed by atoms with E-state index in [4.69, 9.17) is 4.74 Å². The predicted molar refractivity (Wildman–Crippen MR) is 126 cm³/mol. The van der Waals surface area contributed by atoms with Crippen LogP contribution in [-0.2, 0) is 0 Å². The molecule has 2 amide bonds. The van der Waals surface area contributed by atoms with Crippen molar-refractivity contribution < 1.29 is 13.9 Å². The van der Waals surface area contributed by atoms with E-state index in [1.807, 2.05) is 6.07 Å². The quantitative estimate of drug-likeness (QED) is 0.709. The molecule has 1 aromatic carbocycles. The minimum absolute atomic E-state index is 0.0873. The van der Waals surface area contributed by atoms with Gasteiger partial charge in [-0.1, -0.05) is 12.1 Å². The van der Waals surface area contributed by atoms with E-state index >= 15 is 0 Å². The first-order valence-corrected chi connectivity index (χ1v) is 13.3. The van der Waals surface area contributed by atoms with Gasteiger partial charge in [0.1, 0.15) is 6.10 Å². The summed E-state index contributed by atoms with van der Waals surface area (Å²) in [5.74, 6) is 2.65. The number of urea groups is 1. The first-order valence-electron chi connectivity index (χ1n) is 13.3. The number of para-hydroxylation sites is 1. The summed E-state index contributed by atoms with van der Waals surface area (Å²) < 4.78 is 19.8. The molecule has 0 spiro atoms. The SMILES string of the molecule is O=C(NC12CC3CC(CC(C3)C1)C2)N1CCC(N2CCC(Oc3ccccc3F)CC2)CC1. The number of nitrogens with one attached hydrogen (secondary N) is 1. The zero-order valence-electron chi connectivity index (χ0n) is 19.7. The van der Waals surface area contributed by atoms with Crippen molar-refractivity contribution in [3.63, 3.8) is 0 Å². The van der Waals surface area contributed by atoms with Crippen LogP contribution in [0.2, 0.25) is 0 Å². The van der Waals surface area contributed by atoms with Crippen molar-refractivity contribution in [2.75, 3.05) is 26.2 Å². The fourth-order valence-corrected chi connectivity index (χ4v) is 8.08. The third-order valence-electron chi connectivity index (χ3n) is 9.29. The lowest BCUT2D eigenvalue weighted by Crippen LogP contribution is -2.62. The number of likely N-dealkylation sites (tertiary alicyclic amines) is 2. The van der Waals surface area contributed by atoms with Crippen LogP contribution in [0.15, 0.2) is 24.3 Å². The van der Waals surface area contributed by atoms with Gasteiger partial charge in [0.15, 0.2) is 11.6 Å². The summed E-state index contributed by atoms with van der Waals surface area (Å²) in [5, 5.41) is 3.55. The number of hydrogen-bond donors (Lipinski definition) is 1. The molecule has 2 heterocycles.